The largest absolute Gasteiger partial charge is 0.370 e. The summed E-state index contributed by atoms with van der Waals surface area (Å²) in [6.07, 6.45) is 0. The number of rotatable bonds is 4. The number of hydrogen-bond donors (Lipinski definition) is 3. The lowest BCUT2D eigenvalue weighted by Crippen LogP contribution is -2.46. The van der Waals surface area contributed by atoms with Crippen LogP contribution in [0.4, 0.5) is 15.8 Å². The lowest BCUT2D eigenvalue weighted by atomic mass is 10.2. The summed E-state index contributed by atoms with van der Waals surface area (Å²) in [5.74, 6) is -2.98. The smallest absolute Gasteiger partial charge is 0.253 e. The number of amides is 3. The van der Waals surface area contributed by atoms with Crippen LogP contribution in [0.25, 0.3) is 0 Å². The summed E-state index contributed by atoms with van der Waals surface area (Å²) in [7, 11) is 0. The van der Waals surface area contributed by atoms with Crippen LogP contribution in [0.15, 0.2) is 18.2 Å². The number of nitrogens with zero attached hydrogens (tertiary/aromatic N) is 1. The lowest BCUT2D eigenvalue weighted by molar-refractivity contribution is -0.127. The second-order valence-electron chi connectivity index (χ2n) is 4.63. The predicted octanol–water partition coefficient (Wildman–Crippen LogP) is -1.06. The van der Waals surface area contributed by atoms with Crippen LogP contribution in [0, 0.1) is 5.82 Å². The van der Waals surface area contributed by atoms with Crippen molar-refractivity contribution in [2.75, 3.05) is 30.0 Å². The van der Waals surface area contributed by atoms with Gasteiger partial charge in [-0.1, -0.05) is 0 Å². The Morgan fingerprint density at radius 3 is 2.73 bits per heavy atom. The number of primary amides is 1. The van der Waals surface area contributed by atoms with Crippen LogP contribution in [0.2, 0.25) is 0 Å². The molecular formula is C13H15FN4O4. The molecule has 0 aliphatic carbocycles. The Labute approximate surface area is 125 Å². The van der Waals surface area contributed by atoms with E-state index in [0.29, 0.717) is 18.8 Å². The van der Waals surface area contributed by atoms with Crippen molar-refractivity contribution in [2.45, 2.75) is 6.04 Å². The fraction of sp³-hybridized carbons (Fsp3) is 0.308. The van der Waals surface area contributed by atoms with E-state index in [1.807, 2.05) is 0 Å². The maximum absolute atomic E-state index is 14.0. The van der Waals surface area contributed by atoms with Crippen LogP contribution in [0.3, 0.4) is 0 Å². The molecule has 1 heterocycles. The van der Waals surface area contributed by atoms with E-state index in [1.165, 1.54) is 17.0 Å². The van der Waals surface area contributed by atoms with E-state index in [0.717, 1.165) is 6.07 Å². The summed E-state index contributed by atoms with van der Waals surface area (Å²) in [4.78, 5) is 35.4. The number of nitrogens with one attached hydrogen (secondary N) is 1. The van der Waals surface area contributed by atoms with Gasteiger partial charge in [-0.2, -0.15) is 0 Å². The van der Waals surface area contributed by atoms with Gasteiger partial charge in [0.15, 0.2) is 6.04 Å². The number of halogens is 1. The van der Waals surface area contributed by atoms with Gasteiger partial charge in [-0.05, 0) is 18.2 Å². The highest BCUT2D eigenvalue weighted by molar-refractivity contribution is 6.09. The zero-order valence-electron chi connectivity index (χ0n) is 11.5. The molecule has 3 amide bonds. The zero-order valence-corrected chi connectivity index (χ0v) is 11.5. The van der Waals surface area contributed by atoms with E-state index >= 15 is 0 Å². The Bertz CT molecular complexity index is 622. The minimum absolute atomic E-state index is 0.0619. The van der Waals surface area contributed by atoms with Crippen LogP contribution in [0.1, 0.15) is 0 Å². The molecule has 2 rings (SSSR count). The fourth-order valence-electron chi connectivity index (χ4n) is 1.90. The summed E-state index contributed by atoms with van der Waals surface area (Å²) in [6.45, 7) is 0.614. The van der Waals surface area contributed by atoms with Gasteiger partial charge in [0.2, 0.25) is 5.91 Å². The molecule has 1 fully saturated rings. The third-order valence-corrected chi connectivity index (χ3v) is 3.10. The van der Waals surface area contributed by atoms with Crippen molar-refractivity contribution in [1.82, 2.24) is 0 Å². The van der Waals surface area contributed by atoms with Gasteiger partial charge in [0.1, 0.15) is 12.4 Å². The van der Waals surface area contributed by atoms with Gasteiger partial charge in [0, 0.05) is 12.2 Å². The third kappa shape index (κ3) is 3.38. The van der Waals surface area contributed by atoms with Crippen LogP contribution in [0.5, 0.6) is 0 Å². The second-order valence-corrected chi connectivity index (χ2v) is 4.63. The molecule has 5 N–H and O–H groups in total. The van der Waals surface area contributed by atoms with Gasteiger partial charge in [-0.15, -0.1) is 0 Å². The predicted molar refractivity (Wildman–Crippen MR) is 75.4 cm³/mol. The Kier molecular flexibility index (Phi) is 4.68. The number of carbonyl (C=O) groups excluding carboxylic acids is 3. The summed E-state index contributed by atoms with van der Waals surface area (Å²) >= 11 is 0. The summed E-state index contributed by atoms with van der Waals surface area (Å²) in [5, 5.41) is 2.16. The van der Waals surface area contributed by atoms with Gasteiger partial charge >= 0.3 is 0 Å². The van der Waals surface area contributed by atoms with Crippen LogP contribution >= 0.6 is 0 Å². The number of ether oxygens (including phenoxy) is 1. The quantitative estimate of drug-likeness (QED) is 0.611. The Balaban J connectivity index is 2.14. The van der Waals surface area contributed by atoms with Crippen molar-refractivity contribution in [3.63, 3.8) is 0 Å². The number of benzene rings is 1. The first kappa shape index (κ1) is 15.9. The van der Waals surface area contributed by atoms with Gasteiger partial charge in [0.05, 0.1) is 12.3 Å². The third-order valence-electron chi connectivity index (χ3n) is 3.10. The Morgan fingerprint density at radius 2 is 2.14 bits per heavy atom. The molecule has 1 aliphatic heterocycles. The van der Waals surface area contributed by atoms with Crippen LogP contribution in [-0.4, -0.2) is 43.5 Å². The molecule has 1 aliphatic rings. The molecule has 0 spiro atoms. The van der Waals surface area contributed by atoms with Gasteiger partial charge in [-0.3, -0.25) is 14.4 Å². The first-order valence-corrected chi connectivity index (χ1v) is 6.43. The van der Waals surface area contributed by atoms with E-state index < -0.39 is 23.7 Å². The van der Waals surface area contributed by atoms with E-state index in [9.17, 15) is 18.8 Å². The number of nitrogens with two attached hydrogens (primary N) is 2. The van der Waals surface area contributed by atoms with Gasteiger partial charge in [0.25, 0.3) is 11.8 Å². The van der Waals surface area contributed by atoms with Crippen molar-refractivity contribution in [3.05, 3.63) is 24.0 Å². The minimum Gasteiger partial charge on any atom is -0.370 e. The first-order valence-electron chi connectivity index (χ1n) is 6.43. The average Bonchev–Trinajstić information content (AvgIpc) is 2.48. The van der Waals surface area contributed by atoms with Crippen molar-refractivity contribution in [2.24, 2.45) is 11.5 Å². The average molecular weight is 310 g/mol. The first-order chi connectivity index (χ1) is 10.4. The molecule has 0 aromatic heterocycles. The maximum Gasteiger partial charge on any atom is 0.253 e. The molecule has 1 atom stereocenters. The zero-order chi connectivity index (χ0) is 16.3. The summed E-state index contributed by atoms with van der Waals surface area (Å²) in [6, 6.07) is 2.28. The molecule has 118 valence electrons. The molecule has 0 unspecified atom stereocenters. The van der Waals surface area contributed by atoms with E-state index in [-0.39, 0.29) is 18.2 Å². The Morgan fingerprint density at radius 1 is 1.41 bits per heavy atom. The van der Waals surface area contributed by atoms with E-state index in [4.69, 9.17) is 16.2 Å². The minimum atomic E-state index is -1.57. The highest BCUT2D eigenvalue weighted by Crippen LogP contribution is 2.23. The molecule has 0 bridgehead atoms. The maximum atomic E-state index is 14.0. The second kappa shape index (κ2) is 6.50. The van der Waals surface area contributed by atoms with Gasteiger partial charge in [-0.25, -0.2) is 4.39 Å². The van der Waals surface area contributed by atoms with E-state index in [2.05, 4.69) is 5.32 Å². The standard InChI is InChI=1S/C13H15FN4O4/c14-8-5-7(18-3-4-22-6-10(18)19)1-2-9(8)17-13(21)11(15)12(16)20/h1-2,5,11H,3-4,6,15H2,(H2,16,20)(H,17,21)/t11-/m1/s1. The number of carbonyl (C=O) groups is 3. The van der Waals surface area contributed by atoms with Crippen molar-refractivity contribution in [3.8, 4) is 0 Å². The lowest BCUT2D eigenvalue weighted by Gasteiger charge is -2.27. The molecule has 1 aromatic rings. The Hall–Kier alpha value is -2.52. The highest BCUT2D eigenvalue weighted by Gasteiger charge is 2.23. The topological polar surface area (TPSA) is 128 Å². The molecule has 0 saturated carbocycles. The number of anilines is 2. The monoisotopic (exact) mass is 310 g/mol. The van der Waals surface area contributed by atoms with Crippen molar-refractivity contribution in [1.29, 1.82) is 0 Å². The molecule has 1 aromatic carbocycles. The molecular weight excluding hydrogens is 295 g/mol. The van der Waals surface area contributed by atoms with Gasteiger partial charge < -0.3 is 26.4 Å². The fourth-order valence-corrected chi connectivity index (χ4v) is 1.90. The normalized spacial score (nSPS) is 16.3. The van der Waals surface area contributed by atoms with E-state index in [1.54, 1.807) is 0 Å². The van der Waals surface area contributed by atoms with Crippen LogP contribution < -0.4 is 21.7 Å². The molecule has 1 saturated heterocycles. The highest BCUT2D eigenvalue weighted by atomic mass is 19.1. The SMILES string of the molecule is NC(=O)[C@@H](N)C(=O)Nc1ccc(N2CCOCC2=O)cc1F. The number of hydrogen-bond acceptors (Lipinski definition) is 5. The van der Waals surface area contributed by atoms with Crippen LogP contribution in [-0.2, 0) is 19.1 Å². The number of morpholine rings is 1. The molecule has 8 nitrogen and oxygen atoms in total. The summed E-state index contributed by atoms with van der Waals surface area (Å²) < 4.78 is 19.0. The van der Waals surface area contributed by atoms with Crippen molar-refractivity contribution >= 4 is 29.1 Å². The molecule has 0 radical (unpaired) electrons. The summed E-state index contributed by atoms with van der Waals surface area (Å²) in [5.41, 5.74) is 10.3. The molecule has 9 heteroatoms. The van der Waals surface area contributed by atoms with Crippen molar-refractivity contribution < 1.29 is 23.5 Å². The molecule has 22 heavy (non-hydrogen) atoms.